The van der Waals surface area contributed by atoms with Gasteiger partial charge in [0.15, 0.2) is 11.3 Å². The highest BCUT2D eigenvalue weighted by Gasteiger charge is 2.46. The second kappa shape index (κ2) is 16.9. The van der Waals surface area contributed by atoms with E-state index in [1.807, 2.05) is 6.07 Å². The number of hydrogen-bond acceptors (Lipinski definition) is 12. The molecular formula is C42H49F2N11O6. The van der Waals surface area contributed by atoms with Crippen molar-refractivity contribution >= 4 is 52.4 Å². The van der Waals surface area contributed by atoms with Gasteiger partial charge in [-0.3, -0.25) is 38.9 Å². The maximum absolute atomic E-state index is 14.3. The fourth-order valence-corrected chi connectivity index (χ4v) is 9.69. The summed E-state index contributed by atoms with van der Waals surface area (Å²) in [5.74, 6) is -1.56. The molecule has 19 heteroatoms. The lowest BCUT2D eigenvalue weighted by Crippen LogP contribution is -2.54. The largest absolute Gasteiger partial charge is 0.382 e. The van der Waals surface area contributed by atoms with Gasteiger partial charge in [-0.05, 0) is 89.0 Å². The van der Waals surface area contributed by atoms with Crippen molar-refractivity contribution in [3.8, 4) is 0 Å². The minimum absolute atomic E-state index is 0.0263. The van der Waals surface area contributed by atoms with Crippen LogP contribution in [0.25, 0.3) is 5.65 Å². The lowest BCUT2D eigenvalue weighted by atomic mass is 9.84. The van der Waals surface area contributed by atoms with Gasteiger partial charge in [-0.2, -0.15) is 10.2 Å². The number of amides is 5. The van der Waals surface area contributed by atoms with Crippen LogP contribution >= 0.6 is 0 Å². The van der Waals surface area contributed by atoms with Crippen LogP contribution in [0.4, 0.5) is 26.0 Å². The Bertz CT molecular complexity index is 2350. The summed E-state index contributed by atoms with van der Waals surface area (Å²) < 4.78 is 37.1. The molecule has 17 nitrogen and oxygen atoms in total. The molecule has 1 atom stereocenters. The number of halogens is 2. The molecule has 2 saturated carbocycles. The first-order valence-corrected chi connectivity index (χ1v) is 21.2. The zero-order valence-electron chi connectivity index (χ0n) is 33.9. The number of nitrogens with zero attached hydrogens (tertiary/aromatic N) is 8. The lowest BCUT2D eigenvalue weighted by Gasteiger charge is -2.38. The Balaban J connectivity index is 0.767. The predicted octanol–water partition coefficient (Wildman–Crippen LogP) is 4.44. The zero-order chi connectivity index (χ0) is 42.4. The molecule has 2 saturated heterocycles. The average molecular weight is 842 g/mol. The summed E-state index contributed by atoms with van der Waals surface area (Å²) in [5, 5.41) is 17.0. The Morgan fingerprint density at radius 2 is 1.74 bits per heavy atom. The molecule has 61 heavy (non-hydrogen) atoms. The van der Waals surface area contributed by atoms with E-state index in [9.17, 15) is 32.8 Å². The van der Waals surface area contributed by atoms with Crippen LogP contribution in [0.15, 0.2) is 42.9 Å². The summed E-state index contributed by atoms with van der Waals surface area (Å²) in [6.07, 6.45) is 8.95. The molecule has 3 aliphatic heterocycles. The highest BCUT2D eigenvalue weighted by atomic mass is 19.3. The number of imide groups is 2. The summed E-state index contributed by atoms with van der Waals surface area (Å²) in [4.78, 5) is 74.7. The summed E-state index contributed by atoms with van der Waals surface area (Å²) in [6.45, 7) is 3.40. The first kappa shape index (κ1) is 40.6. The molecule has 9 rings (SSSR count). The summed E-state index contributed by atoms with van der Waals surface area (Å²) in [7, 11) is 2.16. The monoisotopic (exact) mass is 841 g/mol. The van der Waals surface area contributed by atoms with Crippen LogP contribution in [0.1, 0.15) is 113 Å². The summed E-state index contributed by atoms with van der Waals surface area (Å²) >= 11 is 0. The van der Waals surface area contributed by atoms with Crippen molar-refractivity contribution < 1.29 is 37.5 Å². The van der Waals surface area contributed by atoms with Gasteiger partial charge in [0, 0.05) is 56.2 Å². The third-order valence-electron chi connectivity index (χ3n) is 13.0. The standard InChI is InChI=1S/C42H49F2N11O6/c1-51(26-11-7-25(8-12-26)46-30-4-2-3-28-35(30)42(60)55(41(28)59)32-13-14-34(56)49-40(32)58)22-24-5-9-27(10-6-24)54-23-31(36(50-54)37(43)44)47-39(57)29-21-45-53-16-15-33(48-38(29)53)52-17-19-61-20-18-52/h2-4,15-16,21,23-27,32,37,46H,5-14,17-20,22H2,1H3,(H,47,57)(H,49,56,58). The van der Waals surface area contributed by atoms with Gasteiger partial charge in [0.05, 0.1) is 42.3 Å². The number of aromatic nitrogens is 5. The number of fused-ring (bicyclic) bond motifs is 2. The lowest BCUT2D eigenvalue weighted by molar-refractivity contribution is -0.136. The summed E-state index contributed by atoms with van der Waals surface area (Å²) in [6, 6.07) is 6.35. The minimum atomic E-state index is -2.88. The van der Waals surface area contributed by atoms with Gasteiger partial charge in [-0.25, -0.2) is 18.3 Å². The average Bonchev–Trinajstić information content (AvgIpc) is 3.96. The van der Waals surface area contributed by atoms with Crippen molar-refractivity contribution in [3.05, 3.63) is 65.2 Å². The van der Waals surface area contributed by atoms with E-state index in [1.54, 1.807) is 29.1 Å². The summed E-state index contributed by atoms with van der Waals surface area (Å²) in [5.41, 5.74) is 1.11. The molecule has 5 aliphatic rings. The van der Waals surface area contributed by atoms with Gasteiger partial charge in [0.2, 0.25) is 11.8 Å². The van der Waals surface area contributed by atoms with Crippen molar-refractivity contribution in [1.82, 2.24) is 39.5 Å². The SMILES string of the molecule is CN(CC1CCC(n2cc(NC(=O)c3cnn4ccc(N5CCOCC5)nc34)c(C(F)F)n2)CC1)C1CCC(Nc2cccc3c2C(=O)N(C2CCC(=O)NC2=O)C3=O)CC1. The fraction of sp³-hybridized carbons (Fsp3) is 0.524. The highest BCUT2D eigenvalue weighted by molar-refractivity contribution is 6.25. The molecule has 3 N–H and O–H groups in total. The van der Waals surface area contributed by atoms with E-state index in [0.29, 0.717) is 55.4 Å². The minimum Gasteiger partial charge on any atom is -0.382 e. The molecule has 4 aromatic rings. The molecule has 4 fully saturated rings. The van der Waals surface area contributed by atoms with Crippen LogP contribution < -0.4 is 20.9 Å². The van der Waals surface area contributed by atoms with Crippen LogP contribution in [0.2, 0.25) is 0 Å². The number of carbonyl (C=O) groups excluding carboxylic acids is 5. The molecule has 0 radical (unpaired) electrons. The fourth-order valence-electron chi connectivity index (χ4n) is 9.69. The van der Waals surface area contributed by atoms with Crippen LogP contribution in [-0.4, -0.2) is 122 Å². The Hall–Kier alpha value is -5.82. The molecule has 5 amide bonds. The van der Waals surface area contributed by atoms with Crippen LogP contribution in [0, 0.1) is 5.92 Å². The maximum Gasteiger partial charge on any atom is 0.284 e. The Morgan fingerprint density at radius 3 is 2.48 bits per heavy atom. The van der Waals surface area contributed by atoms with E-state index < -0.39 is 47.7 Å². The highest BCUT2D eigenvalue weighted by Crippen LogP contribution is 2.38. The third-order valence-corrected chi connectivity index (χ3v) is 13.0. The van der Waals surface area contributed by atoms with Gasteiger partial charge in [0.1, 0.15) is 17.4 Å². The van der Waals surface area contributed by atoms with Crippen molar-refractivity contribution in [2.75, 3.05) is 55.4 Å². The molecular weight excluding hydrogens is 793 g/mol. The van der Waals surface area contributed by atoms with Gasteiger partial charge < -0.3 is 25.2 Å². The molecule has 3 aromatic heterocycles. The smallest absolute Gasteiger partial charge is 0.284 e. The molecule has 2 aliphatic carbocycles. The van der Waals surface area contributed by atoms with E-state index >= 15 is 0 Å². The number of anilines is 3. The number of rotatable bonds is 11. The Labute approximate surface area is 350 Å². The predicted molar refractivity (Wildman–Crippen MR) is 218 cm³/mol. The van der Waals surface area contributed by atoms with E-state index in [1.165, 1.54) is 16.9 Å². The molecule has 6 heterocycles. The molecule has 1 unspecified atom stereocenters. The number of benzene rings is 1. The second-order valence-corrected chi connectivity index (χ2v) is 16.8. The topological polar surface area (TPSA) is 188 Å². The number of carbonyl (C=O) groups is 5. The number of hydrogen-bond donors (Lipinski definition) is 3. The van der Waals surface area contributed by atoms with Gasteiger partial charge in [-0.1, -0.05) is 6.07 Å². The number of alkyl halides is 2. The van der Waals surface area contributed by atoms with Crippen molar-refractivity contribution in [2.45, 2.75) is 94.8 Å². The van der Waals surface area contributed by atoms with Crippen LogP contribution in [0.3, 0.4) is 0 Å². The normalized spacial score (nSPS) is 24.8. The zero-order valence-corrected chi connectivity index (χ0v) is 33.9. The van der Waals surface area contributed by atoms with Gasteiger partial charge in [0.25, 0.3) is 24.1 Å². The molecule has 0 bridgehead atoms. The van der Waals surface area contributed by atoms with Crippen LogP contribution in [0.5, 0.6) is 0 Å². The second-order valence-electron chi connectivity index (χ2n) is 16.8. The first-order valence-electron chi connectivity index (χ1n) is 21.2. The Morgan fingerprint density at radius 1 is 0.967 bits per heavy atom. The van der Waals surface area contributed by atoms with E-state index in [2.05, 4.69) is 48.0 Å². The van der Waals surface area contributed by atoms with Crippen molar-refractivity contribution in [1.29, 1.82) is 0 Å². The Kier molecular flexibility index (Phi) is 11.3. The van der Waals surface area contributed by atoms with E-state index in [-0.39, 0.29) is 47.3 Å². The van der Waals surface area contributed by atoms with E-state index in [0.717, 1.165) is 62.8 Å². The third kappa shape index (κ3) is 8.07. The number of ether oxygens (including phenoxy) is 1. The first-order chi connectivity index (χ1) is 29.5. The van der Waals surface area contributed by atoms with Crippen LogP contribution in [-0.2, 0) is 14.3 Å². The molecule has 1 aromatic carbocycles. The number of piperidine rings is 1. The quantitative estimate of drug-likeness (QED) is 0.181. The van der Waals surface area contributed by atoms with Crippen molar-refractivity contribution in [2.24, 2.45) is 5.92 Å². The van der Waals surface area contributed by atoms with Gasteiger partial charge in [-0.15, -0.1) is 0 Å². The number of nitrogens with one attached hydrogen (secondary N) is 3. The van der Waals surface area contributed by atoms with E-state index in [4.69, 9.17) is 4.74 Å². The number of morpholine rings is 1. The molecule has 0 spiro atoms. The maximum atomic E-state index is 14.3. The van der Waals surface area contributed by atoms with Gasteiger partial charge >= 0.3 is 0 Å². The van der Waals surface area contributed by atoms with Crippen molar-refractivity contribution in [3.63, 3.8) is 0 Å². The molecule has 322 valence electrons.